The van der Waals surface area contributed by atoms with Gasteiger partial charge >= 0.3 is 0 Å². The third-order valence-electron chi connectivity index (χ3n) is 4.77. The largest absolute Gasteiger partial charge is 0.379 e. The van der Waals surface area contributed by atoms with Gasteiger partial charge in [-0.3, -0.25) is 9.69 Å². The third-order valence-corrected chi connectivity index (χ3v) is 5.12. The minimum Gasteiger partial charge on any atom is -0.379 e. The number of carbonyl (C=O) groups is 1. The Morgan fingerprint density at radius 1 is 1.19 bits per heavy atom. The van der Waals surface area contributed by atoms with Gasteiger partial charge in [-0.2, -0.15) is 0 Å². The van der Waals surface area contributed by atoms with Crippen LogP contribution in [0.5, 0.6) is 0 Å². The maximum absolute atomic E-state index is 13.2. The lowest BCUT2D eigenvalue weighted by Crippen LogP contribution is -2.44. The molecule has 0 radical (unpaired) electrons. The van der Waals surface area contributed by atoms with Gasteiger partial charge in [0.25, 0.3) is 0 Å². The molecule has 1 amide bonds. The Kier molecular flexibility index (Phi) is 7.21. The summed E-state index contributed by atoms with van der Waals surface area (Å²) in [7, 11) is 0. The predicted octanol–water partition coefficient (Wildman–Crippen LogP) is 3.60. The lowest BCUT2D eigenvalue weighted by Gasteiger charge is -2.35. The van der Waals surface area contributed by atoms with Gasteiger partial charge in [0, 0.05) is 31.1 Å². The van der Waals surface area contributed by atoms with Gasteiger partial charge in [-0.05, 0) is 35.7 Å². The first-order chi connectivity index (χ1) is 13.1. The number of ether oxygens (including phenoxy) is 1. The Morgan fingerprint density at radius 3 is 2.70 bits per heavy atom. The van der Waals surface area contributed by atoms with Gasteiger partial charge in [0.05, 0.1) is 19.3 Å². The zero-order valence-electron chi connectivity index (χ0n) is 15.2. The number of hydrogen-bond donors (Lipinski definition) is 1. The van der Waals surface area contributed by atoms with Crippen molar-refractivity contribution in [3.8, 4) is 0 Å². The summed E-state index contributed by atoms with van der Waals surface area (Å²) in [4.78, 5) is 14.6. The Labute approximate surface area is 164 Å². The molecule has 1 atom stereocenters. The first-order valence-electron chi connectivity index (χ1n) is 9.21. The second-order valence-corrected chi connectivity index (χ2v) is 7.03. The van der Waals surface area contributed by atoms with E-state index in [0.29, 0.717) is 37.6 Å². The SMILES string of the molecule is O=C(CCc1cccc(F)c1)NCC(c1ccccc1Cl)N1CCOCC1. The van der Waals surface area contributed by atoms with Crippen molar-refractivity contribution in [2.24, 2.45) is 0 Å². The summed E-state index contributed by atoms with van der Waals surface area (Å²) in [6, 6.07) is 14.1. The van der Waals surface area contributed by atoms with Crippen LogP contribution in [0.15, 0.2) is 48.5 Å². The van der Waals surface area contributed by atoms with Crippen molar-refractivity contribution < 1.29 is 13.9 Å². The fraction of sp³-hybridized carbons (Fsp3) is 0.381. The van der Waals surface area contributed by atoms with E-state index in [1.807, 2.05) is 30.3 Å². The molecule has 0 spiro atoms. The van der Waals surface area contributed by atoms with Crippen LogP contribution < -0.4 is 5.32 Å². The van der Waals surface area contributed by atoms with E-state index in [1.54, 1.807) is 6.07 Å². The summed E-state index contributed by atoms with van der Waals surface area (Å²) in [6.07, 6.45) is 0.833. The van der Waals surface area contributed by atoms with Crippen LogP contribution in [0.1, 0.15) is 23.6 Å². The highest BCUT2D eigenvalue weighted by atomic mass is 35.5. The normalized spacial score (nSPS) is 16.1. The van der Waals surface area contributed by atoms with Crippen molar-refractivity contribution in [2.75, 3.05) is 32.8 Å². The maximum atomic E-state index is 13.2. The van der Waals surface area contributed by atoms with Crippen LogP contribution in [0.3, 0.4) is 0 Å². The number of nitrogens with zero attached hydrogens (tertiary/aromatic N) is 1. The molecule has 4 nitrogen and oxygen atoms in total. The van der Waals surface area contributed by atoms with E-state index in [2.05, 4.69) is 10.2 Å². The molecular formula is C21H24ClFN2O2. The molecule has 1 saturated heterocycles. The summed E-state index contributed by atoms with van der Waals surface area (Å²) in [6.45, 7) is 3.43. The van der Waals surface area contributed by atoms with E-state index in [9.17, 15) is 9.18 Å². The van der Waals surface area contributed by atoms with Gasteiger partial charge in [0.2, 0.25) is 5.91 Å². The minimum absolute atomic E-state index is 0.000666. The van der Waals surface area contributed by atoms with Gasteiger partial charge in [-0.15, -0.1) is 0 Å². The molecule has 144 valence electrons. The number of nitrogens with one attached hydrogen (secondary N) is 1. The van der Waals surface area contributed by atoms with Crippen molar-refractivity contribution in [2.45, 2.75) is 18.9 Å². The molecule has 1 N–H and O–H groups in total. The maximum Gasteiger partial charge on any atom is 0.220 e. The third kappa shape index (κ3) is 5.76. The molecule has 27 heavy (non-hydrogen) atoms. The highest BCUT2D eigenvalue weighted by molar-refractivity contribution is 6.31. The number of rotatable bonds is 7. The number of hydrogen-bond acceptors (Lipinski definition) is 3. The van der Waals surface area contributed by atoms with Crippen LogP contribution in [-0.2, 0) is 16.0 Å². The van der Waals surface area contributed by atoms with Gasteiger partial charge in [0.15, 0.2) is 0 Å². The van der Waals surface area contributed by atoms with Crippen molar-refractivity contribution in [3.05, 3.63) is 70.5 Å². The van der Waals surface area contributed by atoms with Crippen LogP contribution in [-0.4, -0.2) is 43.7 Å². The minimum atomic E-state index is -0.279. The second-order valence-electron chi connectivity index (χ2n) is 6.62. The molecule has 1 heterocycles. The lowest BCUT2D eigenvalue weighted by atomic mass is 10.0. The monoisotopic (exact) mass is 390 g/mol. The molecule has 0 bridgehead atoms. The Hall–Kier alpha value is -1.95. The van der Waals surface area contributed by atoms with E-state index in [0.717, 1.165) is 24.2 Å². The van der Waals surface area contributed by atoms with E-state index in [-0.39, 0.29) is 17.8 Å². The van der Waals surface area contributed by atoms with E-state index < -0.39 is 0 Å². The van der Waals surface area contributed by atoms with Crippen LogP contribution in [0.25, 0.3) is 0 Å². The number of aryl methyl sites for hydroxylation is 1. The Morgan fingerprint density at radius 2 is 1.96 bits per heavy atom. The first kappa shape index (κ1) is 19.8. The van der Waals surface area contributed by atoms with Gasteiger partial charge in [-0.25, -0.2) is 4.39 Å². The van der Waals surface area contributed by atoms with E-state index >= 15 is 0 Å². The average Bonchev–Trinajstić information content (AvgIpc) is 2.69. The highest BCUT2D eigenvalue weighted by Crippen LogP contribution is 2.27. The van der Waals surface area contributed by atoms with Crippen LogP contribution in [0.4, 0.5) is 4.39 Å². The Bertz CT molecular complexity index is 765. The average molecular weight is 391 g/mol. The summed E-state index contributed by atoms with van der Waals surface area (Å²) in [5.41, 5.74) is 1.83. The zero-order chi connectivity index (χ0) is 19.1. The smallest absolute Gasteiger partial charge is 0.220 e. The molecule has 2 aromatic rings. The summed E-state index contributed by atoms with van der Waals surface area (Å²) in [5, 5.41) is 3.71. The molecule has 0 aliphatic carbocycles. The molecule has 0 aromatic heterocycles. The van der Waals surface area contributed by atoms with Crippen molar-refractivity contribution in [1.29, 1.82) is 0 Å². The van der Waals surface area contributed by atoms with Crippen molar-refractivity contribution in [1.82, 2.24) is 10.2 Å². The van der Waals surface area contributed by atoms with E-state index in [1.165, 1.54) is 12.1 Å². The fourth-order valence-corrected chi connectivity index (χ4v) is 3.58. The number of carbonyl (C=O) groups excluding carboxylic acids is 1. The molecule has 1 fully saturated rings. The summed E-state index contributed by atoms with van der Waals surface area (Å²) < 4.78 is 18.7. The quantitative estimate of drug-likeness (QED) is 0.785. The Balaban J connectivity index is 1.60. The molecule has 0 saturated carbocycles. The summed E-state index contributed by atoms with van der Waals surface area (Å²) in [5.74, 6) is -0.330. The first-order valence-corrected chi connectivity index (χ1v) is 9.58. The topological polar surface area (TPSA) is 41.6 Å². The standard InChI is InChI=1S/C21H24ClFN2O2/c22-19-7-2-1-6-18(19)20(25-10-12-27-13-11-25)15-24-21(26)9-8-16-4-3-5-17(23)14-16/h1-7,14,20H,8-13,15H2,(H,24,26). The molecule has 1 unspecified atom stereocenters. The van der Waals surface area contributed by atoms with E-state index in [4.69, 9.17) is 16.3 Å². The van der Waals surface area contributed by atoms with Gasteiger partial charge in [-0.1, -0.05) is 41.9 Å². The molecule has 3 rings (SSSR count). The summed E-state index contributed by atoms with van der Waals surface area (Å²) >= 11 is 6.40. The number of halogens is 2. The lowest BCUT2D eigenvalue weighted by molar-refractivity contribution is -0.121. The molecule has 1 aliphatic rings. The van der Waals surface area contributed by atoms with Crippen LogP contribution in [0.2, 0.25) is 5.02 Å². The highest BCUT2D eigenvalue weighted by Gasteiger charge is 2.24. The fourth-order valence-electron chi connectivity index (χ4n) is 3.32. The molecule has 2 aromatic carbocycles. The van der Waals surface area contributed by atoms with Crippen molar-refractivity contribution in [3.63, 3.8) is 0 Å². The zero-order valence-corrected chi connectivity index (χ0v) is 15.9. The van der Waals surface area contributed by atoms with Gasteiger partial charge in [0.1, 0.15) is 5.82 Å². The second kappa shape index (κ2) is 9.83. The van der Waals surface area contributed by atoms with Crippen LogP contribution >= 0.6 is 11.6 Å². The number of amides is 1. The number of morpholine rings is 1. The van der Waals surface area contributed by atoms with Crippen LogP contribution in [0, 0.1) is 5.82 Å². The molecule has 1 aliphatic heterocycles. The van der Waals surface area contributed by atoms with Crippen molar-refractivity contribution >= 4 is 17.5 Å². The van der Waals surface area contributed by atoms with Gasteiger partial charge < -0.3 is 10.1 Å². The number of benzene rings is 2. The predicted molar refractivity (Wildman–Crippen MR) is 104 cm³/mol. The molecule has 6 heteroatoms. The molecular weight excluding hydrogens is 367 g/mol.